The van der Waals surface area contributed by atoms with Crippen LogP contribution in [0.4, 0.5) is 4.39 Å². The summed E-state index contributed by atoms with van der Waals surface area (Å²) in [6.45, 7) is 3.12. The average molecular weight is 265 g/mol. The Bertz CT molecular complexity index is 461. The summed E-state index contributed by atoms with van der Waals surface area (Å²) in [5.41, 5.74) is 0.319. The first-order valence-electron chi connectivity index (χ1n) is 6.71. The number of benzene rings is 1. The van der Waals surface area contributed by atoms with Crippen molar-refractivity contribution in [1.82, 2.24) is 4.90 Å². The second-order valence-corrected chi connectivity index (χ2v) is 5.11. The van der Waals surface area contributed by atoms with Gasteiger partial charge >= 0.3 is 0 Å². The number of hydrogen-bond acceptors (Lipinski definition) is 3. The lowest BCUT2D eigenvalue weighted by molar-refractivity contribution is 0.101. The molecule has 1 fully saturated rings. The molecule has 1 unspecified atom stereocenters. The molecule has 0 N–H and O–H groups in total. The molecule has 0 saturated carbocycles. The summed E-state index contributed by atoms with van der Waals surface area (Å²) in [7, 11) is 2.12. The molecule has 2 rings (SSSR count). The van der Waals surface area contributed by atoms with E-state index in [1.165, 1.54) is 38.0 Å². The van der Waals surface area contributed by atoms with E-state index in [1.54, 1.807) is 0 Å². The number of carbonyl (C=O) groups is 1. The van der Waals surface area contributed by atoms with Crippen molar-refractivity contribution in [2.75, 3.05) is 20.2 Å². The maximum Gasteiger partial charge on any atom is 0.163 e. The summed E-state index contributed by atoms with van der Waals surface area (Å²) in [5, 5.41) is 0. The van der Waals surface area contributed by atoms with Crippen molar-refractivity contribution in [3.05, 3.63) is 29.6 Å². The van der Waals surface area contributed by atoms with Gasteiger partial charge in [0.05, 0.1) is 12.2 Å². The third-order valence-corrected chi connectivity index (χ3v) is 3.70. The Morgan fingerprint density at radius 1 is 1.53 bits per heavy atom. The van der Waals surface area contributed by atoms with Crippen LogP contribution in [-0.4, -0.2) is 36.9 Å². The molecule has 0 aromatic heterocycles. The van der Waals surface area contributed by atoms with E-state index in [9.17, 15) is 9.18 Å². The fraction of sp³-hybridized carbons (Fsp3) is 0.533. The molecule has 0 spiro atoms. The zero-order chi connectivity index (χ0) is 13.8. The molecule has 4 heteroatoms. The Balaban J connectivity index is 1.94. The van der Waals surface area contributed by atoms with E-state index in [-0.39, 0.29) is 5.78 Å². The van der Waals surface area contributed by atoms with Gasteiger partial charge in [-0.1, -0.05) is 0 Å². The summed E-state index contributed by atoms with van der Waals surface area (Å²) in [6, 6.07) is 4.65. The van der Waals surface area contributed by atoms with Gasteiger partial charge in [-0.2, -0.15) is 0 Å². The molecule has 0 aliphatic carbocycles. The van der Waals surface area contributed by atoms with Crippen LogP contribution < -0.4 is 4.74 Å². The van der Waals surface area contributed by atoms with Crippen LogP contribution in [0.2, 0.25) is 0 Å². The predicted molar refractivity (Wildman–Crippen MR) is 72.2 cm³/mol. The molecule has 3 nitrogen and oxygen atoms in total. The lowest BCUT2D eigenvalue weighted by Crippen LogP contribution is -2.26. The van der Waals surface area contributed by atoms with Crippen LogP contribution in [0.3, 0.4) is 0 Å². The molecule has 1 heterocycles. The second kappa shape index (κ2) is 6.15. The summed E-state index contributed by atoms with van der Waals surface area (Å²) < 4.78 is 18.8. The van der Waals surface area contributed by atoms with Gasteiger partial charge in [-0.05, 0) is 58.0 Å². The van der Waals surface area contributed by atoms with Gasteiger partial charge in [0.25, 0.3) is 0 Å². The predicted octanol–water partition coefficient (Wildman–Crippen LogP) is 2.89. The number of ketones is 1. The van der Waals surface area contributed by atoms with Gasteiger partial charge in [0, 0.05) is 6.04 Å². The smallest absolute Gasteiger partial charge is 0.163 e. The molecule has 0 bridgehead atoms. The first kappa shape index (κ1) is 14.0. The molecular weight excluding hydrogens is 245 g/mol. The number of hydrogen-bond donors (Lipinski definition) is 0. The Hall–Kier alpha value is -1.42. The van der Waals surface area contributed by atoms with E-state index in [0.717, 1.165) is 13.0 Å². The highest BCUT2D eigenvalue weighted by molar-refractivity contribution is 5.96. The van der Waals surface area contributed by atoms with E-state index in [4.69, 9.17) is 4.74 Å². The minimum absolute atomic E-state index is 0.174. The van der Waals surface area contributed by atoms with Gasteiger partial charge in [-0.3, -0.25) is 4.79 Å². The number of likely N-dealkylation sites (tertiary alicyclic amines) is 1. The highest BCUT2D eigenvalue weighted by Gasteiger charge is 2.20. The number of ether oxygens (including phenoxy) is 1. The summed E-state index contributed by atoms with van der Waals surface area (Å²) in [4.78, 5) is 13.8. The van der Waals surface area contributed by atoms with Gasteiger partial charge in [0.15, 0.2) is 5.78 Å². The fourth-order valence-corrected chi connectivity index (χ4v) is 2.55. The quantitative estimate of drug-likeness (QED) is 0.767. The molecule has 1 aromatic carbocycles. The second-order valence-electron chi connectivity index (χ2n) is 5.11. The van der Waals surface area contributed by atoms with E-state index in [0.29, 0.717) is 24.0 Å². The zero-order valence-corrected chi connectivity index (χ0v) is 11.5. The summed E-state index contributed by atoms with van der Waals surface area (Å²) >= 11 is 0. The first-order chi connectivity index (χ1) is 9.08. The molecule has 1 saturated heterocycles. The van der Waals surface area contributed by atoms with Crippen LogP contribution in [0.25, 0.3) is 0 Å². The Labute approximate surface area is 113 Å². The van der Waals surface area contributed by atoms with E-state index >= 15 is 0 Å². The Kier molecular flexibility index (Phi) is 4.53. The number of Topliss-reactive ketones (excluding diaryl/α,β-unsaturated/α-hetero) is 1. The zero-order valence-electron chi connectivity index (χ0n) is 11.5. The number of halogens is 1. The Morgan fingerprint density at radius 2 is 2.32 bits per heavy atom. The highest BCUT2D eigenvalue weighted by atomic mass is 19.1. The van der Waals surface area contributed by atoms with Crippen LogP contribution in [0, 0.1) is 5.82 Å². The van der Waals surface area contributed by atoms with Gasteiger partial charge in [-0.15, -0.1) is 0 Å². The lowest BCUT2D eigenvalue weighted by atomic mass is 10.1. The van der Waals surface area contributed by atoms with Crippen molar-refractivity contribution >= 4 is 5.78 Å². The monoisotopic (exact) mass is 265 g/mol. The minimum Gasteiger partial charge on any atom is -0.493 e. The van der Waals surface area contributed by atoms with Crippen LogP contribution in [-0.2, 0) is 0 Å². The van der Waals surface area contributed by atoms with Gasteiger partial charge in [0.1, 0.15) is 11.6 Å². The highest BCUT2D eigenvalue weighted by Crippen LogP contribution is 2.22. The number of rotatable bonds is 5. The van der Waals surface area contributed by atoms with Gasteiger partial charge < -0.3 is 9.64 Å². The van der Waals surface area contributed by atoms with Crippen molar-refractivity contribution < 1.29 is 13.9 Å². The first-order valence-corrected chi connectivity index (χ1v) is 6.71. The SMILES string of the molecule is CC(=O)c1cc(F)ccc1OCCC1CCCN1C. The number of nitrogens with zero attached hydrogens (tertiary/aromatic N) is 1. The molecule has 1 aromatic rings. The van der Waals surface area contributed by atoms with E-state index in [2.05, 4.69) is 11.9 Å². The maximum atomic E-state index is 13.1. The molecule has 1 aliphatic heterocycles. The normalized spacial score (nSPS) is 19.6. The molecular formula is C15H20FNO2. The van der Waals surface area contributed by atoms with Crippen LogP contribution in [0.5, 0.6) is 5.75 Å². The average Bonchev–Trinajstić information content (AvgIpc) is 2.77. The minimum atomic E-state index is -0.409. The summed E-state index contributed by atoms with van der Waals surface area (Å²) in [6.07, 6.45) is 3.37. The topological polar surface area (TPSA) is 29.5 Å². The number of carbonyl (C=O) groups excluding carboxylic acids is 1. The van der Waals surface area contributed by atoms with Crippen LogP contribution in [0.1, 0.15) is 36.5 Å². The maximum absolute atomic E-state index is 13.1. The molecule has 19 heavy (non-hydrogen) atoms. The third kappa shape index (κ3) is 3.53. The molecule has 1 aliphatic rings. The van der Waals surface area contributed by atoms with Crippen molar-refractivity contribution in [1.29, 1.82) is 0 Å². The standard InChI is InChI=1S/C15H20FNO2/c1-11(18)14-10-12(16)5-6-15(14)19-9-7-13-4-3-8-17(13)2/h5-6,10,13H,3-4,7-9H2,1-2H3. The van der Waals surface area contributed by atoms with Crippen LogP contribution in [0.15, 0.2) is 18.2 Å². The lowest BCUT2D eigenvalue weighted by Gasteiger charge is -2.19. The van der Waals surface area contributed by atoms with Crippen LogP contribution >= 0.6 is 0 Å². The fourth-order valence-electron chi connectivity index (χ4n) is 2.55. The summed E-state index contributed by atoms with van der Waals surface area (Å²) in [5.74, 6) is -0.102. The van der Waals surface area contributed by atoms with Crippen molar-refractivity contribution in [2.45, 2.75) is 32.2 Å². The van der Waals surface area contributed by atoms with Gasteiger partial charge in [-0.25, -0.2) is 4.39 Å². The molecule has 0 radical (unpaired) electrons. The molecule has 1 atom stereocenters. The molecule has 104 valence electrons. The van der Waals surface area contributed by atoms with Crippen molar-refractivity contribution in [2.24, 2.45) is 0 Å². The third-order valence-electron chi connectivity index (χ3n) is 3.70. The largest absolute Gasteiger partial charge is 0.493 e. The van der Waals surface area contributed by atoms with E-state index in [1.807, 2.05) is 0 Å². The van der Waals surface area contributed by atoms with Crippen molar-refractivity contribution in [3.63, 3.8) is 0 Å². The van der Waals surface area contributed by atoms with Crippen molar-refractivity contribution in [3.8, 4) is 5.75 Å². The van der Waals surface area contributed by atoms with Gasteiger partial charge in [0.2, 0.25) is 0 Å². The molecule has 0 amide bonds. The Morgan fingerprint density at radius 3 is 2.95 bits per heavy atom. The van der Waals surface area contributed by atoms with E-state index < -0.39 is 5.82 Å².